The van der Waals surface area contributed by atoms with Gasteiger partial charge in [-0.3, -0.25) is 0 Å². The summed E-state index contributed by atoms with van der Waals surface area (Å²) in [6, 6.07) is 6.40. The summed E-state index contributed by atoms with van der Waals surface area (Å²) in [5.41, 5.74) is 0.948. The molecule has 3 nitrogen and oxygen atoms in total. The molecule has 5 heteroatoms. The van der Waals surface area contributed by atoms with Gasteiger partial charge in [0, 0.05) is 17.8 Å². The van der Waals surface area contributed by atoms with Crippen LogP contribution in [0, 0.1) is 0 Å². The number of hydrogen-bond donors (Lipinski definition) is 0. The molecule has 1 aromatic rings. The van der Waals surface area contributed by atoms with Crippen LogP contribution in [0.1, 0.15) is 25.0 Å². The van der Waals surface area contributed by atoms with Crippen molar-refractivity contribution in [2.24, 2.45) is 0 Å². The Morgan fingerprint density at radius 3 is 2.20 bits per heavy atom. The summed E-state index contributed by atoms with van der Waals surface area (Å²) in [5, 5.41) is 0. The van der Waals surface area contributed by atoms with E-state index < -0.39 is 9.05 Å². The average Bonchev–Trinajstić information content (AvgIpc) is 2.19. The van der Waals surface area contributed by atoms with Crippen LogP contribution < -0.4 is 0 Å². The Morgan fingerprint density at radius 1 is 1.33 bits per heavy atom. The number of rotatable bonds is 4. The molecule has 0 unspecified atom stereocenters. The van der Waals surface area contributed by atoms with Crippen molar-refractivity contribution < 1.29 is 13.2 Å². The van der Waals surface area contributed by atoms with Gasteiger partial charge in [0.25, 0.3) is 9.05 Å². The monoisotopic (exact) mass is 248 g/mol. The van der Waals surface area contributed by atoms with Crippen LogP contribution in [0.15, 0.2) is 29.2 Å². The summed E-state index contributed by atoms with van der Waals surface area (Å²) in [7, 11) is 3.20. The van der Waals surface area contributed by atoms with Crippen molar-refractivity contribution in [3.8, 4) is 0 Å². The van der Waals surface area contributed by atoms with Gasteiger partial charge in [0.15, 0.2) is 0 Å². The number of methoxy groups -OCH3 is 1. The minimum Gasteiger partial charge on any atom is -0.377 e. The van der Waals surface area contributed by atoms with E-state index in [9.17, 15) is 8.42 Å². The molecule has 0 fully saturated rings. The molecule has 0 aromatic heterocycles. The molecule has 0 saturated heterocycles. The first-order valence-electron chi connectivity index (χ1n) is 4.56. The van der Waals surface area contributed by atoms with Gasteiger partial charge in [0.05, 0.1) is 11.0 Å². The topological polar surface area (TPSA) is 43.4 Å². The van der Waals surface area contributed by atoms with E-state index in [4.69, 9.17) is 15.4 Å². The number of hydrogen-bond acceptors (Lipinski definition) is 3. The van der Waals surface area contributed by atoms with Gasteiger partial charge in [-0.1, -0.05) is 19.1 Å². The normalized spacial score (nSPS) is 13.8. The Morgan fingerprint density at radius 2 is 1.87 bits per heavy atom. The van der Waals surface area contributed by atoms with Crippen molar-refractivity contribution in [3.63, 3.8) is 0 Å². The van der Waals surface area contributed by atoms with Crippen LogP contribution in [0.5, 0.6) is 0 Å². The third-order valence-electron chi connectivity index (χ3n) is 2.19. The van der Waals surface area contributed by atoms with Crippen LogP contribution in [0.2, 0.25) is 0 Å². The summed E-state index contributed by atoms with van der Waals surface area (Å²) in [6.45, 7) is 2.00. The van der Waals surface area contributed by atoms with E-state index >= 15 is 0 Å². The Bertz CT molecular complexity index is 407. The zero-order valence-corrected chi connectivity index (χ0v) is 10.2. The first-order chi connectivity index (χ1) is 6.99. The molecular formula is C10H13ClO3S. The maximum Gasteiger partial charge on any atom is 0.261 e. The summed E-state index contributed by atoms with van der Waals surface area (Å²) in [4.78, 5) is 0.110. The molecule has 1 aromatic carbocycles. The van der Waals surface area contributed by atoms with Gasteiger partial charge >= 0.3 is 0 Å². The molecule has 15 heavy (non-hydrogen) atoms. The molecule has 1 rings (SSSR count). The smallest absolute Gasteiger partial charge is 0.261 e. The number of ether oxygens (including phenoxy) is 1. The predicted octanol–water partition coefficient (Wildman–Crippen LogP) is 2.71. The van der Waals surface area contributed by atoms with E-state index in [2.05, 4.69) is 0 Å². The van der Waals surface area contributed by atoms with E-state index in [1.165, 1.54) is 12.1 Å². The van der Waals surface area contributed by atoms with Crippen molar-refractivity contribution in [1.29, 1.82) is 0 Å². The van der Waals surface area contributed by atoms with Gasteiger partial charge < -0.3 is 4.74 Å². The van der Waals surface area contributed by atoms with Gasteiger partial charge in [-0.25, -0.2) is 8.42 Å². The molecule has 0 bridgehead atoms. The number of benzene rings is 1. The van der Waals surface area contributed by atoms with Crippen LogP contribution in [0.3, 0.4) is 0 Å². The van der Waals surface area contributed by atoms with Crippen molar-refractivity contribution in [1.82, 2.24) is 0 Å². The fourth-order valence-electron chi connectivity index (χ4n) is 1.38. The standard InChI is InChI=1S/C10H13ClO3S/c1-3-10(14-2)8-4-6-9(7-5-8)15(11,12)13/h4-7,10H,3H2,1-2H3/t10-/m1/s1. The molecule has 0 aliphatic rings. The minimum atomic E-state index is -3.63. The number of halogens is 1. The van der Waals surface area contributed by atoms with Crippen LogP contribution in [-0.2, 0) is 13.8 Å². The lowest BCUT2D eigenvalue weighted by Crippen LogP contribution is -2.00. The highest BCUT2D eigenvalue weighted by molar-refractivity contribution is 8.13. The zero-order chi connectivity index (χ0) is 11.5. The molecule has 1 atom stereocenters. The molecule has 84 valence electrons. The predicted molar refractivity (Wildman–Crippen MR) is 59.5 cm³/mol. The second kappa shape index (κ2) is 4.96. The average molecular weight is 249 g/mol. The molecule has 0 radical (unpaired) electrons. The Kier molecular flexibility index (Phi) is 4.13. The van der Waals surface area contributed by atoms with Gasteiger partial charge in [-0.15, -0.1) is 0 Å². The van der Waals surface area contributed by atoms with Crippen LogP contribution >= 0.6 is 10.7 Å². The van der Waals surface area contributed by atoms with Gasteiger partial charge in [-0.05, 0) is 24.1 Å². The largest absolute Gasteiger partial charge is 0.377 e. The second-order valence-corrected chi connectivity index (χ2v) is 5.71. The summed E-state index contributed by atoms with van der Waals surface area (Å²) >= 11 is 0. The van der Waals surface area contributed by atoms with Crippen molar-refractivity contribution in [3.05, 3.63) is 29.8 Å². The SMILES string of the molecule is CC[C@@H](OC)c1ccc(S(=O)(=O)Cl)cc1. The fraction of sp³-hybridized carbons (Fsp3) is 0.400. The molecular weight excluding hydrogens is 236 g/mol. The van der Waals surface area contributed by atoms with Crippen LogP contribution in [0.4, 0.5) is 0 Å². The Hall–Kier alpha value is -0.580. The molecule has 0 N–H and O–H groups in total. The molecule has 0 spiro atoms. The molecule has 0 heterocycles. The van der Waals surface area contributed by atoms with Crippen LogP contribution in [0.25, 0.3) is 0 Å². The summed E-state index contributed by atoms with van der Waals surface area (Å²) < 4.78 is 27.2. The first-order valence-corrected chi connectivity index (χ1v) is 6.87. The Labute approximate surface area is 94.4 Å². The molecule has 0 amide bonds. The summed E-state index contributed by atoms with van der Waals surface area (Å²) in [6.07, 6.45) is 0.834. The third-order valence-corrected chi connectivity index (χ3v) is 3.56. The van der Waals surface area contributed by atoms with E-state index in [1.807, 2.05) is 6.92 Å². The van der Waals surface area contributed by atoms with Crippen molar-refractivity contribution >= 4 is 19.7 Å². The van der Waals surface area contributed by atoms with Crippen LogP contribution in [-0.4, -0.2) is 15.5 Å². The molecule has 0 aliphatic carbocycles. The maximum atomic E-state index is 11.0. The van der Waals surface area contributed by atoms with E-state index in [0.29, 0.717) is 0 Å². The van der Waals surface area contributed by atoms with E-state index in [1.54, 1.807) is 19.2 Å². The lowest BCUT2D eigenvalue weighted by atomic mass is 10.1. The van der Waals surface area contributed by atoms with Gasteiger partial charge in [-0.2, -0.15) is 0 Å². The lowest BCUT2D eigenvalue weighted by Gasteiger charge is -2.13. The first kappa shape index (κ1) is 12.5. The third kappa shape index (κ3) is 3.19. The zero-order valence-electron chi connectivity index (χ0n) is 8.60. The highest BCUT2D eigenvalue weighted by atomic mass is 35.7. The second-order valence-electron chi connectivity index (χ2n) is 3.14. The lowest BCUT2D eigenvalue weighted by molar-refractivity contribution is 0.1000. The molecule has 0 saturated carbocycles. The van der Waals surface area contributed by atoms with Gasteiger partial charge in [0.1, 0.15) is 0 Å². The van der Waals surface area contributed by atoms with Gasteiger partial charge in [0.2, 0.25) is 0 Å². The summed E-state index contributed by atoms with van der Waals surface area (Å²) in [5.74, 6) is 0. The maximum absolute atomic E-state index is 11.0. The quantitative estimate of drug-likeness (QED) is 0.770. The van der Waals surface area contributed by atoms with E-state index in [-0.39, 0.29) is 11.0 Å². The fourth-order valence-corrected chi connectivity index (χ4v) is 2.15. The van der Waals surface area contributed by atoms with E-state index in [0.717, 1.165) is 12.0 Å². The van der Waals surface area contributed by atoms with Crippen molar-refractivity contribution in [2.75, 3.05) is 7.11 Å². The highest BCUT2D eigenvalue weighted by Crippen LogP contribution is 2.22. The Balaban J connectivity index is 3.00. The highest BCUT2D eigenvalue weighted by Gasteiger charge is 2.12. The molecule has 0 aliphatic heterocycles. The van der Waals surface area contributed by atoms with Crippen molar-refractivity contribution in [2.45, 2.75) is 24.3 Å². The minimum absolute atomic E-state index is 0.00270.